The summed E-state index contributed by atoms with van der Waals surface area (Å²) < 4.78 is 0. The molecule has 31 heavy (non-hydrogen) atoms. The summed E-state index contributed by atoms with van der Waals surface area (Å²) in [5.74, 6) is 0.519. The van der Waals surface area contributed by atoms with Crippen molar-refractivity contribution in [2.45, 2.75) is 40.2 Å². The van der Waals surface area contributed by atoms with E-state index < -0.39 is 0 Å². The Balaban J connectivity index is 1.65. The number of H-pyrrole nitrogens is 1. The summed E-state index contributed by atoms with van der Waals surface area (Å²) in [5, 5.41) is 14.6. The SMILES string of the molecule is CC1=C(C(=O)Nc2ccc3[nH]ncc3c2)C(CC(C)(C)C)N=C(c2ccnc(Cl)c2)N1. The molecule has 1 amide bonds. The maximum atomic E-state index is 13.3. The number of aromatic nitrogens is 3. The smallest absolute Gasteiger partial charge is 0.255 e. The largest absolute Gasteiger partial charge is 0.343 e. The van der Waals surface area contributed by atoms with Crippen molar-refractivity contribution >= 4 is 39.9 Å². The number of hydrogen-bond donors (Lipinski definition) is 3. The lowest BCUT2D eigenvalue weighted by Gasteiger charge is -2.30. The summed E-state index contributed by atoms with van der Waals surface area (Å²) >= 11 is 6.07. The molecule has 4 rings (SSSR count). The van der Waals surface area contributed by atoms with Gasteiger partial charge in [0.05, 0.1) is 23.3 Å². The van der Waals surface area contributed by atoms with E-state index in [0.717, 1.165) is 28.6 Å². The first kappa shape index (κ1) is 21.1. The van der Waals surface area contributed by atoms with Crippen molar-refractivity contribution in [1.82, 2.24) is 20.5 Å². The Morgan fingerprint density at radius 3 is 2.77 bits per heavy atom. The number of halogens is 1. The van der Waals surface area contributed by atoms with E-state index in [-0.39, 0.29) is 17.4 Å². The van der Waals surface area contributed by atoms with Gasteiger partial charge in [0.1, 0.15) is 11.0 Å². The van der Waals surface area contributed by atoms with Gasteiger partial charge < -0.3 is 10.6 Å². The topological polar surface area (TPSA) is 95.1 Å². The van der Waals surface area contributed by atoms with E-state index in [4.69, 9.17) is 16.6 Å². The average Bonchev–Trinajstić information content (AvgIpc) is 3.14. The van der Waals surface area contributed by atoms with Crippen molar-refractivity contribution in [3.8, 4) is 0 Å². The van der Waals surface area contributed by atoms with E-state index in [1.54, 1.807) is 18.5 Å². The molecule has 1 unspecified atom stereocenters. The zero-order chi connectivity index (χ0) is 22.2. The van der Waals surface area contributed by atoms with Crippen LogP contribution < -0.4 is 10.6 Å². The minimum atomic E-state index is -0.291. The quantitative estimate of drug-likeness (QED) is 0.517. The van der Waals surface area contributed by atoms with E-state index in [0.29, 0.717) is 22.2 Å². The number of amidine groups is 1. The summed E-state index contributed by atoms with van der Waals surface area (Å²) in [4.78, 5) is 22.3. The molecule has 8 heteroatoms. The molecule has 0 radical (unpaired) electrons. The van der Waals surface area contributed by atoms with Crippen molar-refractivity contribution in [1.29, 1.82) is 0 Å². The fourth-order valence-corrected chi connectivity index (χ4v) is 3.89. The maximum absolute atomic E-state index is 13.3. The lowest BCUT2D eigenvalue weighted by Crippen LogP contribution is -2.38. The third kappa shape index (κ3) is 4.77. The molecule has 0 spiro atoms. The van der Waals surface area contributed by atoms with Crippen molar-refractivity contribution in [3.63, 3.8) is 0 Å². The molecule has 1 aliphatic rings. The lowest BCUT2D eigenvalue weighted by molar-refractivity contribution is -0.113. The number of carbonyl (C=O) groups is 1. The Bertz CT molecular complexity index is 1200. The molecular weight excluding hydrogens is 412 g/mol. The van der Waals surface area contributed by atoms with Gasteiger partial charge in [0.15, 0.2) is 0 Å². The molecular formula is C23H25ClN6O. The number of anilines is 1. The molecule has 0 saturated carbocycles. The molecule has 3 N–H and O–H groups in total. The molecule has 3 heterocycles. The highest BCUT2D eigenvalue weighted by molar-refractivity contribution is 6.29. The first-order valence-corrected chi connectivity index (χ1v) is 10.5. The van der Waals surface area contributed by atoms with Gasteiger partial charge >= 0.3 is 0 Å². The number of allylic oxidation sites excluding steroid dienone is 1. The number of carbonyl (C=O) groups excluding carboxylic acids is 1. The van der Waals surface area contributed by atoms with Crippen LogP contribution in [0.15, 0.2) is 59.0 Å². The number of pyridine rings is 1. The summed E-state index contributed by atoms with van der Waals surface area (Å²) in [6, 6.07) is 8.98. The van der Waals surface area contributed by atoms with E-state index in [9.17, 15) is 4.79 Å². The number of amides is 1. The Morgan fingerprint density at radius 2 is 2.03 bits per heavy atom. The number of nitrogens with one attached hydrogen (secondary N) is 3. The number of aromatic amines is 1. The van der Waals surface area contributed by atoms with E-state index in [1.165, 1.54) is 0 Å². The van der Waals surface area contributed by atoms with E-state index in [1.807, 2.05) is 31.2 Å². The van der Waals surface area contributed by atoms with Crippen molar-refractivity contribution < 1.29 is 4.79 Å². The molecule has 0 saturated heterocycles. The van der Waals surface area contributed by atoms with Gasteiger partial charge in [-0.15, -0.1) is 0 Å². The van der Waals surface area contributed by atoms with E-state index >= 15 is 0 Å². The van der Waals surface area contributed by atoms with Gasteiger partial charge in [0, 0.05) is 28.5 Å². The minimum absolute atomic E-state index is 0.0198. The molecule has 1 aliphatic heterocycles. The van der Waals surface area contributed by atoms with Gasteiger partial charge in [0.2, 0.25) is 0 Å². The number of aliphatic imine (C=N–C) groups is 1. The summed E-state index contributed by atoms with van der Waals surface area (Å²) in [6.45, 7) is 8.34. The average molecular weight is 437 g/mol. The molecule has 160 valence electrons. The van der Waals surface area contributed by atoms with Crippen LogP contribution in [0.2, 0.25) is 5.15 Å². The van der Waals surface area contributed by atoms with Crippen LogP contribution in [0.3, 0.4) is 0 Å². The number of benzene rings is 1. The van der Waals surface area contributed by atoms with Crippen LogP contribution in [0.1, 0.15) is 39.7 Å². The second-order valence-electron chi connectivity index (χ2n) is 8.92. The van der Waals surface area contributed by atoms with Crippen molar-refractivity contribution in [2.24, 2.45) is 10.4 Å². The summed E-state index contributed by atoms with van der Waals surface area (Å²) in [5.41, 5.74) is 3.85. The van der Waals surface area contributed by atoms with Crippen LogP contribution in [0.4, 0.5) is 5.69 Å². The molecule has 1 atom stereocenters. The molecule has 7 nitrogen and oxygen atoms in total. The van der Waals surface area contributed by atoms with Gasteiger partial charge in [-0.3, -0.25) is 14.9 Å². The highest BCUT2D eigenvalue weighted by atomic mass is 35.5. The second-order valence-corrected chi connectivity index (χ2v) is 9.30. The van der Waals surface area contributed by atoms with Crippen LogP contribution in [0.25, 0.3) is 10.9 Å². The lowest BCUT2D eigenvalue weighted by atomic mass is 9.84. The van der Waals surface area contributed by atoms with Crippen LogP contribution in [0.5, 0.6) is 0 Å². The van der Waals surface area contributed by atoms with Crippen molar-refractivity contribution in [3.05, 3.63) is 64.7 Å². The molecule has 3 aromatic rings. The second kappa shape index (κ2) is 8.15. The maximum Gasteiger partial charge on any atom is 0.255 e. The number of nitrogens with zero attached hydrogens (tertiary/aromatic N) is 3. The van der Waals surface area contributed by atoms with Gasteiger partial charge in [0.25, 0.3) is 5.91 Å². The third-order valence-corrected chi connectivity index (χ3v) is 5.28. The minimum Gasteiger partial charge on any atom is -0.343 e. The summed E-state index contributed by atoms with van der Waals surface area (Å²) in [6.07, 6.45) is 4.10. The Morgan fingerprint density at radius 1 is 1.23 bits per heavy atom. The predicted molar refractivity (Wildman–Crippen MR) is 124 cm³/mol. The van der Waals surface area contributed by atoms with Crippen LogP contribution in [-0.2, 0) is 4.79 Å². The first-order chi connectivity index (χ1) is 14.7. The van der Waals surface area contributed by atoms with Gasteiger partial charge in [-0.25, -0.2) is 4.98 Å². The molecule has 0 aliphatic carbocycles. The zero-order valence-corrected chi connectivity index (χ0v) is 18.7. The number of fused-ring (bicyclic) bond motifs is 1. The molecule has 0 bridgehead atoms. The fraction of sp³-hybridized carbons (Fsp3) is 0.304. The Labute approximate surface area is 186 Å². The predicted octanol–water partition coefficient (Wildman–Crippen LogP) is 4.68. The summed E-state index contributed by atoms with van der Waals surface area (Å²) in [7, 11) is 0. The van der Waals surface area contributed by atoms with Gasteiger partial charge in [-0.2, -0.15) is 5.10 Å². The van der Waals surface area contributed by atoms with Crippen LogP contribution in [0, 0.1) is 5.41 Å². The molecule has 2 aromatic heterocycles. The van der Waals surface area contributed by atoms with Crippen molar-refractivity contribution in [2.75, 3.05) is 5.32 Å². The van der Waals surface area contributed by atoms with Gasteiger partial charge in [-0.1, -0.05) is 32.4 Å². The molecule has 0 fully saturated rings. The highest BCUT2D eigenvalue weighted by Gasteiger charge is 2.31. The van der Waals surface area contributed by atoms with E-state index in [2.05, 4.69) is 46.6 Å². The van der Waals surface area contributed by atoms with Crippen LogP contribution in [-0.4, -0.2) is 33.0 Å². The normalized spacial score (nSPS) is 16.8. The molecule has 1 aromatic carbocycles. The first-order valence-electron chi connectivity index (χ1n) is 10.1. The third-order valence-electron chi connectivity index (χ3n) is 5.08. The van der Waals surface area contributed by atoms with Gasteiger partial charge in [-0.05, 0) is 49.1 Å². The fourth-order valence-electron chi connectivity index (χ4n) is 3.71. The Kier molecular flexibility index (Phi) is 5.54. The standard InChI is InChI=1S/C23H25ClN6O/c1-13-20(22(31)28-16-5-6-17-15(9-16)12-26-30-17)18(11-23(2,3)4)29-21(27-13)14-7-8-25-19(24)10-14/h5-10,12,18H,11H2,1-4H3,(H,26,30)(H,27,29)(H,28,31). The monoisotopic (exact) mass is 436 g/mol. The number of rotatable bonds is 4. The van der Waals surface area contributed by atoms with Crippen LogP contribution >= 0.6 is 11.6 Å². The highest BCUT2D eigenvalue weighted by Crippen LogP contribution is 2.31. The number of hydrogen-bond acceptors (Lipinski definition) is 5. The zero-order valence-electron chi connectivity index (χ0n) is 18.0. The Hall–Kier alpha value is -3.19.